The fraction of sp³-hybridized carbons (Fsp3) is 0.357. The van der Waals surface area contributed by atoms with Crippen molar-refractivity contribution in [3.05, 3.63) is 30.6 Å². The average molecular weight is 261 g/mol. The molecule has 0 bridgehead atoms. The van der Waals surface area contributed by atoms with Crippen molar-refractivity contribution in [2.75, 3.05) is 44.5 Å². The van der Waals surface area contributed by atoms with Crippen molar-refractivity contribution in [2.24, 2.45) is 0 Å². The van der Waals surface area contributed by atoms with E-state index in [1.165, 1.54) is 0 Å². The van der Waals surface area contributed by atoms with E-state index in [0.29, 0.717) is 19.8 Å². The number of fused-ring (bicyclic) bond motifs is 1. The van der Waals surface area contributed by atoms with Gasteiger partial charge in [-0.15, -0.1) is 0 Å². The first-order valence-corrected chi connectivity index (χ1v) is 6.25. The van der Waals surface area contributed by atoms with Crippen molar-refractivity contribution in [3.8, 4) is 0 Å². The van der Waals surface area contributed by atoms with Gasteiger partial charge in [0.15, 0.2) is 0 Å². The molecule has 0 atom stereocenters. The summed E-state index contributed by atoms with van der Waals surface area (Å²) in [5.41, 5.74) is 7.72. The highest BCUT2D eigenvalue weighted by Crippen LogP contribution is 2.27. The zero-order valence-corrected chi connectivity index (χ0v) is 11.1. The van der Waals surface area contributed by atoms with E-state index in [1.54, 1.807) is 13.3 Å². The summed E-state index contributed by atoms with van der Waals surface area (Å²) in [4.78, 5) is 4.14. The van der Waals surface area contributed by atoms with E-state index >= 15 is 0 Å². The van der Waals surface area contributed by atoms with Gasteiger partial charge in [-0.2, -0.15) is 0 Å². The van der Waals surface area contributed by atoms with Gasteiger partial charge in [0.1, 0.15) is 0 Å². The highest BCUT2D eigenvalue weighted by Gasteiger charge is 2.03. The molecule has 3 N–H and O–H groups in total. The Morgan fingerprint density at radius 2 is 2.05 bits per heavy atom. The standard InChI is InChI=1S/C14H19N3O2/c1-18-8-9-19-7-6-17-14-3-2-13(15)11-4-5-16-10-12(11)14/h2-5,10,17H,6-9,15H2,1H3. The molecular weight excluding hydrogens is 242 g/mol. The molecule has 102 valence electrons. The van der Waals surface area contributed by atoms with E-state index in [0.717, 1.165) is 28.7 Å². The summed E-state index contributed by atoms with van der Waals surface area (Å²) in [5.74, 6) is 0. The summed E-state index contributed by atoms with van der Waals surface area (Å²) in [7, 11) is 1.66. The number of nitrogens with two attached hydrogens (primary N) is 1. The van der Waals surface area contributed by atoms with Crippen LogP contribution in [0.5, 0.6) is 0 Å². The van der Waals surface area contributed by atoms with Crippen LogP contribution >= 0.6 is 0 Å². The lowest BCUT2D eigenvalue weighted by Crippen LogP contribution is -2.12. The van der Waals surface area contributed by atoms with Crippen molar-refractivity contribution in [1.82, 2.24) is 4.98 Å². The second-order valence-electron chi connectivity index (χ2n) is 4.16. The third kappa shape index (κ3) is 3.56. The maximum atomic E-state index is 5.94. The zero-order valence-electron chi connectivity index (χ0n) is 11.1. The van der Waals surface area contributed by atoms with Crippen LogP contribution in [0.25, 0.3) is 10.8 Å². The fourth-order valence-electron chi connectivity index (χ4n) is 1.87. The lowest BCUT2D eigenvalue weighted by molar-refractivity contribution is 0.0759. The molecule has 19 heavy (non-hydrogen) atoms. The minimum atomic E-state index is 0.613. The second kappa shape index (κ2) is 6.92. The van der Waals surface area contributed by atoms with Crippen LogP contribution in [0.2, 0.25) is 0 Å². The highest BCUT2D eigenvalue weighted by molar-refractivity contribution is 6.00. The van der Waals surface area contributed by atoms with Gasteiger partial charge < -0.3 is 20.5 Å². The number of nitrogen functional groups attached to an aromatic ring is 1. The van der Waals surface area contributed by atoms with Crippen LogP contribution in [0, 0.1) is 0 Å². The molecule has 5 heteroatoms. The van der Waals surface area contributed by atoms with E-state index in [-0.39, 0.29) is 0 Å². The van der Waals surface area contributed by atoms with E-state index in [2.05, 4.69) is 10.3 Å². The predicted molar refractivity (Wildman–Crippen MR) is 77.3 cm³/mol. The third-order valence-corrected chi connectivity index (χ3v) is 2.85. The number of ether oxygens (including phenoxy) is 2. The molecule has 0 fully saturated rings. The molecule has 0 radical (unpaired) electrons. The quantitative estimate of drug-likeness (QED) is 0.588. The van der Waals surface area contributed by atoms with Crippen LogP contribution in [0.4, 0.5) is 11.4 Å². The lowest BCUT2D eigenvalue weighted by atomic mass is 10.1. The van der Waals surface area contributed by atoms with Gasteiger partial charge in [-0.1, -0.05) is 0 Å². The van der Waals surface area contributed by atoms with Gasteiger partial charge in [-0.05, 0) is 18.2 Å². The minimum Gasteiger partial charge on any atom is -0.398 e. The van der Waals surface area contributed by atoms with Gasteiger partial charge in [0.25, 0.3) is 0 Å². The van der Waals surface area contributed by atoms with Crippen molar-refractivity contribution in [1.29, 1.82) is 0 Å². The lowest BCUT2D eigenvalue weighted by Gasteiger charge is -2.11. The zero-order chi connectivity index (χ0) is 13.5. The van der Waals surface area contributed by atoms with Gasteiger partial charge in [0.05, 0.1) is 19.8 Å². The smallest absolute Gasteiger partial charge is 0.0701 e. The molecule has 1 heterocycles. The SMILES string of the molecule is COCCOCCNc1ccc(N)c2ccncc12. The Kier molecular flexibility index (Phi) is 4.94. The maximum absolute atomic E-state index is 5.94. The van der Waals surface area contributed by atoms with Crippen LogP contribution in [-0.4, -0.2) is 38.5 Å². The topological polar surface area (TPSA) is 69.4 Å². The number of hydrogen-bond donors (Lipinski definition) is 2. The Labute approximate surface area is 112 Å². The predicted octanol–water partition coefficient (Wildman–Crippen LogP) is 1.89. The largest absolute Gasteiger partial charge is 0.398 e. The van der Waals surface area contributed by atoms with Crippen LogP contribution in [0.3, 0.4) is 0 Å². The Morgan fingerprint density at radius 1 is 1.16 bits per heavy atom. The molecule has 2 rings (SSSR count). The highest BCUT2D eigenvalue weighted by atomic mass is 16.5. The summed E-state index contributed by atoms with van der Waals surface area (Å²) in [6.07, 6.45) is 3.57. The van der Waals surface area contributed by atoms with Crippen LogP contribution in [-0.2, 0) is 9.47 Å². The second-order valence-corrected chi connectivity index (χ2v) is 4.16. The maximum Gasteiger partial charge on any atom is 0.0701 e. The third-order valence-electron chi connectivity index (χ3n) is 2.85. The van der Waals surface area contributed by atoms with Crippen molar-refractivity contribution >= 4 is 22.1 Å². The normalized spacial score (nSPS) is 10.8. The number of methoxy groups -OCH3 is 1. The first-order chi connectivity index (χ1) is 9.33. The van der Waals surface area contributed by atoms with Gasteiger partial charge in [0, 0.05) is 48.2 Å². The molecule has 2 aromatic rings. The van der Waals surface area contributed by atoms with Gasteiger partial charge in [-0.3, -0.25) is 4.98 Å². The van der Waals surface area contributed by atoms with E-state index in [1.807, 2.05) is 24.4 Å². The number of pyridine rings is 1. The molecule has 0 saturated heterocycles. The number of rotatable bonds is 7. The molecule has 5 nitrogen and oxygen atoms in total. The monoisotopic (exact) mass is 261 g/mol. The van der Waals surface area contributed by atoms with Gasteiger partial charge in [-0.25, -0.2) is 0 Å². The van der Waals surface area contributed by atoms with Crippen LogP contribution in [0.1, 0.15) is 0 Å². The summed E-state index contributed by atoms with van der Waals surface area (Å²) < 4.78 is 10.3. The van der Waals surface area contributed by atoms with Gasteiger partial charge in [0.2, 0.25) is 0 Å². The number of nitrogens with zero attached hydrogens (tertiary/aromatic N) is 1. The molecule has 0 spiro atoms. The van der Waals surface area contributed by atoms with Crippen LogP contribution in [0.15, 0.2) is 30.6 Å². The first-order valence-electron chi connectivity index (χ1n) is 6.25. The van der Waals surface area contributed by atoms with Crippen molar-refractivity contribution in [3.63, 3.8) is 0 Å². The molecule has 0 saturated carbocycles. The Bertz CT molecular complexity index is 531. The molecule has 1 aromatic carbocycles. The molecular formula is C14H19N3O2. The minimum absolute atomic E-state index is 0.613. The molecule has 0 unspecified atom stereocenters. The van der Waals surface area contributed by atoms with Crippen molar-refractivity contribution < 1.29 is 9.47 Å². The Balaban J connectivity index is 1.96. The number of hydrogen-bond acceptors (Lipinski definition) is 5. The average Bonchev–Trinajstić information content (AvgIpc) is 2.45. The summed E-state index contributed by atoms with van der Waals surface area (Å²) in [6, 6.07) is 5.79. The fourth-order valence-corrected chi connectivity index (χ4v) is 1.87. The molecule has 1 aromatic heterocycles. The number of benzene rings is 1. The van der Waals surface area contributed by atoms with Crippen molar-refractivity contribution in [2.45, 2.75) is 0 Å². The number of aromatic nitrogens is 1. The van der Waals surface area contributed by atoms with E-state index in [9.17, 15) is 0 Å². The Hall–Kier alpha value is -1.85. The van der Waals surface area contributed by atoms with E-state index < -0.39 is 0 Å². The summed E-state index contributed by atoms with van der Waals surface area (Å²) >= 11 is 0. The number of nitrogens with one attached hydrogen (secondary N) is 1. The molecule has 0 aliphatic heterocycles. The number of anilines is 2. The molecule has 0 aliphatic rings. The molecule has 0 amide bonds. The summed E-state index contributed by atoms with van der Waals surface area (Å²) in [6.45, 7) is 2.60. The van der Waals surface area contributed by atoms with E-state index in [4.69, 9.17) is 15.2 Å². The first kappa shape index (κ1) is 13.6. The Morgan fingerprint density at radius 3 is 2.89 bits per heavy atom. The molecule has 0 aliphatic carbocycles. The van der Waals surface area contributed by atoms with Gasteiger partial charge >= 0.3 is 0 Å². The summed E-state index contributed by atoms with van der Waals surface area (Å²) in [5, 5.41) is 5.37. The van der Waals surface area contributed by atoms with Crippen LogP contribution < -0.4 is 11.1 Å².